The lowest BCUT2D eigenvalue weighted by Gasteiger charge is -2.11. The van der Waals surface area contributed by atoms with Gasteiger partial charge >= 0.3 is 5.97 Å². The van der Waals surface area contributed by atoms with E-state index in [1.54, 1.807) is 6.92 Å². The molecule has 5 heteroatoms. The molecule has 0 bridgehead atoms. The van der Waals surface area contributed by atoms with Crippen LogP contribution in [-0.2, 0) is 19.1 Å². The second-order valence-electron chi connectivity index (χ2n) is 3.44. The van der Waals surface area contributed by atoms with Gasteiger partial charge in [-0.05, 0) is 13.3 Å². The molecule has 0 heterocycles. The zero-order valence-electron chi connectivity index (χ0n) is 9.25. The first-order valence-electron chi connectivity index (χ1n) is 5.30. The Morgan fingerprint density at radius 1 is 1.38 bits per heavy atom. The Morgan fingerprint density at radius 2 is 2.00 bits per heavy atom. The molecular formula is C11H15NO4. The molecule has 1 saturated carbocycles. The molecule has 0 aromatic heterocycles. The average Bonchev–Trinajstić information content (AvgIpc) is 2.23. The summed E-state index contributed by atoms with van der Waals surface area (Å²) < 4.78 is 4.68. The Morgan fingerprint density at radius 3 is 2.56 bits per heavy atom. The van der Waals surface area contributed by atoms with E-state index in [0.29, 0.717) is 25.9 Å². The monoisotopic (exact) mass is 225 g/mol. The van der Waals surface area contributed by atoms with Crippen LogP contribution in [0.4, 0.5) is 0 Å². The normalized spacial score (nSPS) is 15.9. The molecule has 88 valence electrons. The van der Waals surface area contributed by atoms with Gasteiger partial charge in [0, 0.05) is 19.0 Å². The quantitative estimate of drug-likeness (QED) is 0.424. The molecule has 0 aliphatic heterocycles. The summed E-state index contributed by atoms with van der Waals surface area (Å²) in [5, 5.41) is 2.62. The van der Waals surface area contributed by atoms with Gasteiger partial charge in [-0.25, -0.2) is 0 Å². The topological polar surface area (TPSA) is 72.5 Å². The molecule has 0 atom stereocenters. The van der Waals surface area contributed by atoms with Crippen molar-refractivity contribution < 1.29 is 19.1 Å². The first-order valence-corrected chi connectivity index (χ1v) is 5.30. The number of carbonyl (C=O) groups is 3. The van der Waals surface area contributed by atoms with Crippen molar-refractivity contribution in [1.82, 2.24) is 5.32 Å². The van der Waals surface area contributed by atoms with Gasteiger partial charge in [0.25, 0.3) is 0 Å². The van der Waals surface area contributed by atoms with Crippen molar-refractivity contribution in [1.29, 1.82) is 0 Å². The van der Waals surface area contributed by atoms with Gasteiger partial charge in [0.15, 0.2) is 11.6 Å². The van der Waals surface area contributed by atoms with Crippen LogP contribution in [0, 0.1) is 0 Å². The van der Waals surface area contributed by atoms with Crippen molar-refractivity contribution in [2.24, 2.45) is 0 Å². The highest BCUT2D eigenvalue weighted by Gasteiger charge is 2.22. The van der Waals surface area contributed by atoms with Gasteiger partial charge in [0.2, 0.25) is 0 Å². The molecule has 1 fully saturated rings. The number of esters is 1. The Balaban J connectivity index is 2.46. The van der Waals surface area contributed by atoms with Crippen molar-refractivity contribution in [2.45, 2.75) is 26.2 Å². The Labute approximate surface area is 93.8 Å². The SMILES string of the molecule is CCOC(=O)CNC=C1C(=O)CCCC1=O. The maximum Gasteiger partial charge on any atom is 0.325 e. The summed E-state index contributed by atoms with van der Waals surface area (Å²) in [6, 6.07) is 0. The highest BCUT2D eigenvalue weighted by Crippen LogP contribution is 2.15. The largest absolute Gasteiger partial charge is 0.465 e. The van der Waals surface area contributed by atoms with Crippen molar-refractivity contribution in [3.8, 4) is 0 Å². The predicted molar refractivity (Wildman–Crippen MR) is 56.6 cm³/mol. The third-order valence-corrected chi connectivity index (χ3v) is 2.21. The van der Waals surface area contributed by atoms with Gasteiger partial charge < -0.3 is 10.1 Å². The third-order valence-electron chi connectivity index (χ3n) is 2.21. The summed E-state index contributed by atoms with van der Waals surface area (Å²) in [6.45, 7) is 2.00. The van der Waals surface area contributed by atoms with Gasteiger partial charge in [-0.1, -0.05) is 0 Å². The smallest absolute Gasteiger partial charge is 0.325 e. The van der Waals surface area contributed by atoms with Crippen LogP contribution >= 0.6 is 0 Å². The molecular weight excluding hydrogens is 210 g/mol. The predicted octanol–water partition coefficient (Wildman–Crippen LogP) is 0.345. The van der Waals surface area contributed by atoms with Gasteiger partial charge in [-0.2, -0.15) is 0 Å². The molecule has 0 aromatic rings. The molecule has 5 nitrogen and oxygen atoms in total. The second kappa shape index (κ2) is 6.05. The molecule has 1 rings (SSSR count). The summed E-state index contributed by atoms with van der Waals surface area (Å²) in [7, 11) is 0. The fraction of sp³-hybridized carbons (Fsp3) is 0.545. The number of carbonyl (C=O) groups excluding carboxylic acids is 3. The average molecular weight is 225 g/mol. The van der Waals surface area contributed by atoms with E-state index < -0.39 is 5.97 Å². The molecule has 0 radical (unpaired) electrons. The van der Waals surface area contributed by atoms with E-state index in [9.17, 15) is 14.4 Å². The van der Waals surface area contributed by atoms with Crippen molar-refractivity contribution >= 4 is 17.5 Å². The lowest BCUT2D eigenvalue weighted by molar-refractivity contribution is -0.141. The van der Waals surface area contributed by atoms with Crippen LogP contribution in [0.25, 0.3) is 0 Å². The minimum atomic E-state index is -0.407. The van der Waals surface area contributed by atoms with E-state index in [0.717, 1.165) is 0 Å². The van der Waals surface area contributed by atoms with Crippen LogP contribution in [0.2, 0.25) is 0 Å². The van der Waals surface area contributed by atoms with E-state index >= 15 is 0 Å². The van der Waals surface area contributed by atoms with Gasteiger partial charge in [0.1, 0.15) is 6.54 Å². The standard InChI is InChI=1S/C11H15NO4/c1-2-16-11(15)7-12-6-8-9(13)4-3-5-10(8)14/h6,12H,2-5,7H2,1H3. The molecule has 1 aliphatic rings. The van der Waals surface area contributed by atoms with Crippen LogP contribution in [0.3, 0.4) is 0 Å². The number of allylic oxidation sites excluding steroid dienone is 1. The van der Waals surface area contributed by atoms with Gasteiger partial charge in [-0.3, -0.25) is 14.4 Å². The fourth-order valence-corrected chi connectivity index (χ4v) is 1.44. The molecule has 0 unspecified atom stereocenters. The molecule has 16 heavy (non-hydrogen) atoms. The van der Waals surface area contributed by atoms with Crippen LogP contribution in [0.15, 0.2) is 11.8 Å². The van der Waals surface area contributed by atoms with Crippen molar-refractivity contribution in [3.05, 3.63) is 11.8 Å². The first kappa shape index (κ1) is 12.4. The van der Waals surface area contributed by atoms with E-state index in [1.165, 1.54) is 6.20 Å². The van der Waals surface area contributed by atoms with Gasteiger partial charge in [-0.15, -0.1) is 0 Å². The summed E-state index contributed by atoms with van der Waals surface area (Å²) in [5.74, 6) is -0.727. The molecule has 1 N–H and O–H groups in total. The highest BCUT2D eigenvalue weighted by atomic mass is 16.5. The first-order chi connectivity index (χ1) is 7.65. The van der Waals surface area contributed by atoms with Crippen molar-refractivity contribution in [3.63, 3.8) is 0 Å². The maximum atomic E-state index is 11.4. The van der Waals surface area contributed by atoms with Crippen LogP contribution in [0.1, 0.15) is 26.2 Å². The lowest BCUT2D eigenvalue weighted by Crippen LogP contribution is -2.25. The van der Waals surface area contributed by atoms with Crippen LogP contribution in [-0.4, -0.2) is 30.7 Å². The number of Topliss-reactive ketones (excluding diaryl/α,β-unsaturated/α-hetero) is 2. The molecule has 0 aromatic carbocycles. The van der Waals surface area contributed by atoms with Gasteiger partial charge in [0.05, 0.1) is 12.2 Å². The minimum absolute atomic E-state index is 0.0299. The lowest BCUT2D eigenvalue weighted by atomic mass is 9.93. The Kier molecular flexibility index (Phi) is 4.69. The zero-order chi connectivity index (χ0) is 12.0. The minimum Gasteiger partial charge on any atom is -0.465 e. The van der Waals surface area contributed by atoms with E-state index in [4.69, 9.17) is 0 Å². The van der Waals surface area contributed by atoms with Crippen LogP contribution < -0.4 is 5.32 Å². The number of nitrogens with one attached hydrogen (secondary N) is 1. The van der Waals surface area contributed by atoms with E-state index in [1.807, 2.05) is 0 Å². The highest BCUT2D eigenvalue weighted by molar-refractivity contribution is 6.21. The molecule has 0 spiro atoms. The second-order valence-corrected chi connectivity index (χ2v) is 3.44. The number of rotatable bonds is 4. The van der Waals surface area contributed by atoms with E-state index in [-0.39, 0.29) is 23.7 Å². The zero-order valence-corrected chi connectivity index (χ0v) is 9.25. The van der Waals surface area contributed by atoms with Crippen molar-refractivity contribution in [2.75, 3.05) is 13.2 Å². The summed E-state index contributed by atoms with van der Waals surface area (Å²) in [6.07, 6.45) is 2.74. The molecule has 0 amide bonds. The Hall–Kier alpha value is -1.65. The number of ketones is 2. The fourth-order valence-electron chi connectivity index (χ4n) is 1.44. The summed E-state index contributed by atoms with van der Waals surface area (Å²) >= 11 is 0. The maximum absolute atomic E-state index is 11.4. The molecule has 1 aliphatic carbocycles. The van der Waals surface area contributed by atoms with E-state index in [2.05, 4.69) is 10.1 Å². The van der Waals surface area contributed by atoms with Crippen LogP contribution in [0.5, 0.6) is 0 Å². The third kappa shape index (κ3) is 3.49. The number of ether oxygens (including phenoxy) is 1. The number of hydrogen-bond donors (Lipinski definition) is 1. The molecule has 0 saturated heterocycles. The summed E-state index contributed by atoms with van der Waals surface area (Å²) in [4.78, 5) is 33.7. The summed E-state index contributed by atoms with van der Waals surface area (Å²) in [5.41, 5.74) is 0.163. The Bertz CT molecular complexity index is 315. The number of hydrogen-bond acceptors (Lipinski definition) is 5.